The average Bonchev–Trinajstić information content (AvgIpc) is 2.44. The first kappa shape index (κ1) is 7.85. The normalized spacial score (nSPS) is 32.4. The Kier molecular flexibility index (Phi) is 1.90. The molecule has 0 aromatic heterocycles. The number of aliphatic hydroxyl groups excluding tert-OH is 1. The van der Waals surface area contributed by atoms with Gasteiger partial charge in [-0.15, -0.1) is 0 Å². The maximum Gasteiger partial charge on any atom is 0.392 e. The highest BCUT2D eigenvalue weighted by Gasteiger charge is 2.54. The number of halogens is 3. The third kappa shape index (κ3) is 1.62. The number of alkyl halides is 3. The monoisotopic (exact) mass is 154 g/mol. The smallest absolute Gasteiger partial charge is 0.392 e. The van der Waals surface area contributed by atoms with E-state index >= 15 is 0 Å². The largest absolute Gasteiger partial charge is 0.396 e. The summed E-state index contributed by atoms with van der Waals surface area (Å²) < 4.78 is 35.2. The fraction of sp³-hybridized carbons (Fsp3) is 1.00. The van der Waals surface area contributed by atoms with Crippen LogP contribution in [0.5, 0.6) is 0 Å². The molecule has 4 heteroatoms. The van der Waals surface area contributed by atoms with Gasteiger partial charge in [0.05, 0.1) is 5.92 Å². The first-order chi connectivity index (χ1) is 4.55. The second-order valence-corrected chi connectivity index (χ2v) is 2.66. The van der Waals surface area contributed by atoms with E-state index in [0.717, 1.165) is 0 Å². The van der Waals surface area contributed by atoms with Crippen molar-refractivity contribution in [3.63, 3.8) is 0 Å². The third-order valence-corrected chi connectivity index (χ3v) is 1.84. The van der Waals surface area contributed by atoms with Crippen molar-refractivity contribution in [1.29, 1.82) is 0 Å². The Balaban J connectivity index is 2.25. The van der Waals surface area contributed by atoms with E-state index < -0.39 is 12.1 Å². The summed E-state index contributed by atoms with van der Waals surface area (Å²) in [6, 6.07) is 0. The lowest BCUT2D eigenvalue weighted by Crippen LogP contribution is -2.12. The fourth-order valence-corrected chi connectivity index (χ4v) is 1.13. The molecule has 0 aromatic carbocycles. The van der Waals surface area contributed by atoms with Gasteiger partial charge in [-0.3, -0.25) is 0 Å². The van der Waals surface area contributed by atoms with Crippen LogP contribution in [0.25, 0.3) is 0 Å². The number of rotatable bonds is 2. The van der Waals surface area contributed by atoms with E-state index in [1.54, 1.807) is 0 Å². The summed E-state index contributed by atoms with van der Waals surface area (Å²) in [5.41, 5.74) is 0. The van der Waals surface area contributed by atoms with E-state index in [-0.39, 0.29) is 18.9 Å². The summed E-state index contributed by atoms with van der Waals surface area (Å²) >= 11 is 0. The zero-order chi connectivity index (χ0) is 7.78. The highest BCUT2D eigenvalue weighted by Crippen LogP contribution is 2.51. The Morgan fingerprint density at radius 1 is 1.40 bits per heavy atom. The van der Waals surface area contributed by atoms with Crippen molar-refractivity contribution < 1.29 is 18.3 Å². The maximum absolute atomic E-state index is 11.7. The first-order valence-electron chi connectivity index (χ1n) is 3.23. The molecule has 1 aliphatic rings. The van der Waals surface area contributed by atoms with E-state index in [0.29, 0.717) is 6.42 Å². The van der Waals surface area contributed by atoms with Crippen LogP contribution in [0, 0.1) is 11.8 Å². The lowest BCUT2D eigenvalue weighted by Gasteiger charge is -2.03. The lowest BCUT2D eigenvalue weighted by atomic mass is 10.2. The van der Waals surface area contributed by atoms with Gasteiger partial charge in [-0.1, -0.05) is 0 Å². The summed E-state index contributed by atoms with van der Waals surface area (Å²) in [5, 5.41) is 8.29. The van der Waals surface area contributed by atoms with Crippen LogP contribution in [0.4, 0.5) is 13.2 Å². The molecule has 1 saturated carbocycles. The van der Waals surface area contributed by atoms with Crippen LogP contribution in [0.1, 0.15) is 12.8 Å². The van der Waals surface area contributed by atoms with Crippen molar-refractivity contribution in [2.75, 3.05) is 6.61 Å². The molecule has 0 aliphatic heterocycles. The summed E-state index contributed by atoms with van der Waals surface area (Å²) in [6.45, 7) is -0.128. The Morgan fingerprint density at radius 3 is 2.30 bits per heavy atom. The molecule has 0 heterocycles. The van der Waals surface area contributed by atoms with E-state index in [1.807, 2.05) is 0 Å². The molecular weight excluding hydrogens is 145 g/mol. The molecule has 0 amide bonds. The molecule has 0 saturated heterocycles. The highest BCUT2D eigenvalue weighted by atomic mass is 19.4. The topological polar surface area (TPSA) is 20.2 Å². The highest BCUT2D eigenvalue weighted by molar-refractivity contribution is 4.90. The van der Waals surface area contributed by atoms with E-state index in [1.165, 1.54) is 0 Å². The van der Waals surface area contributed by atoms with Gasteiger partial charge < -0.3 is 5.11 Å². The molecule has 10 heavy (non-hydrogen) atoms. The SMILES string of the molecule is OCCC1CC1C(F)(F)F. The molecule has 0 spiro atoms. The second kappa shape index (κ2) is 2.42. The average molecular weight is 154 g/mol. The molecule has 0 aromatic rings. The lowest BCUT2D eigenvalue weighted by molar-refractivity contribution is -0.151. The molecule has 1 nitrogen and oxygen atoms in total. The van der Waals surface area contributed by atoms with Crippen molar-refractivity contribution in [3.05, 3.63) is 0 Å². The predicted octanol–water partition coefficient (Wildman–Crippen LogP) is 1.57. The molecule has 2 atom stereocenters. The van der Waals surface area contributed by atoms with Crippen LogP contribution in [0.2, 0.25) is 0 Å². The van der Waals surface area contributed by atoms with Crippen LogP contribution in [-0.2, 0) is 0 Å². The van der Waals surface area contributed by atoms with Gasteiger partial charge in [0, 0.05) is 6.61 Å². The van der Waals surface area contributed by atoms with Crippen molar-refractivity contribution in [3.8, 4) is 0 Å². The van der Waals surface area contributed by atoms with Gasteiger partial charge in [0.25, 0.3) is 0 Å². The standard InChI is InChI=1S/C6H9F3O/c7-6(8,9)5-3-4(5)1-2-10/h4-5,10H,1-3H2. The zero-order valence-corrected chi connectivity index (χ0v) is 5.36. The van der Waals surface area contributed by atoms with Crippen LogP contribution in [-0.4, -0.2) is 17.9 Å². The molecular formula is C6H9F3O. The first-order valence-corrected chi connectivity index (χ1v) is 3.23. The zero-order valence-electron chi connectivity index (χ0n) is 5.36. The van der Waals surface area contributed by atoms with Crippen LogP contribution in [0.3, 0.4) is 0 Å². The van der Waals surface area contributed by atoms with Gasteiger partial charge in [0.2, 0.25) is 0 Å². The quantitative estimate of drug-likeness (QED) is 0.640. The van der Waals surface area contributed by atoms with Crippen LogP contribution >= 0.6 is 0 Å². The van der Waals surface area contributed by atoms with Crippen LogP contribution < -0.4 is 0 Å². The van der Waals surface area contributed by atoms with E-state index in [2.05, 4.69) is 0 Å². The van der Waals surface area contributed by atoms with Gasteiger partial charge >= 0.3 is 6.18 Å². The minimum Gasteiger partial charge on any atom is -0.396 e. The third-order valence-electron chi connectivity index (χ3n) is 1.84. The number of aliphatic hydroxyl groups is 1. The van der Waals surface area contributed by atoms with Gasteiger partial charge in [-0.05, 0) is 18.8 Å². The van der Waals surface area contributed by atoms with E-state index in [9.17, 15) is 13.2 Å². The van der Waals surface area contributed by atoms with Gasteiger partial charge in [0.1, 0.15) is 0 Å². The van der Waals surface area contributed by atoms with Crippen molar-refractivity contribution >= 4 is 0 Å². The number of hydrogen-bond donors (Lipinski definition) is 1. The minimum atomic E-state index is -4.03. The van der Waals surface area contributed by atoms with E-state index in [4.69, 9.17) is 5.11 Å². The van der Waals surface area contributed by atoms with Crippen LogP contribution in [0.15, 0.2) is 0 Å². The Hall–Kier alpha value is -0.250. The summed E-state index contributed by atoms with van der Waals surface area (Å²) in [6.07, 6.45) is -3.52. The number of hydrogen-bond acceptors (Lipinski definition) is 1. The molecule has 1 aliphatic carbocycles. The van der Waals surface area contributed by atoms with Crippen molar-refractivity contribution in [1.82, 2.24) is 0 Å². The molecule has 60 valence electrons. The van der Waals surface area contributed by atoms with Gasteiger partial charge in [0.15, 0.2) is 0 Å². The molecule has 1 rings (SSSR count). The summed E-state index contributed by atoms with van der Waals surface area (Å²) in [5.74, 6) is -1.43. The Labute approximate surface area is 56.8 Å². The summed E-state index contributed by atoms with van der Waals surface area (Å²) in [7, 11) is 0. The predicted molar refractivity (Wildman–Crippen MR) is 29.4 cm³/mol. The maximum atomic E-state index is 11.7. The minimum absolute atomic E-state index is 0.128. The molecule has 1 N–H and O–H groups in total. The van der Waals surface area contributed by atoms with Crippen molar-refractivity contribution in [2.24, 2.45) is 11.8 Å². The molecule has 1 fully saturated rings. The fourth-order valence-electron chi connectivity index (χ4n) is 1.13. The molecule has 0 radical (unpaired) electrons. The second-order valence-electron chi connectivity index (χ2n) is 2.66. The van der Waals surface area contributed by atoms with Crippen molar-refractivity contribution in [2.45, 2.75) is 19.0 Å². The molecule has 2 unspecified atom stereocenters. The molecule has 0 bridgehead atoms. The Morgan fingerprint density at radius 2 is 2.00 bits per heavy atom. The van der Waals surface area contributed by atoms with Gasteiger partial charge in [-0.25, -0.2) is 0 Å². The summed E-state index contributed by atoms with van der Waals surface area (Å²) in [4.78, 5) is 0. The van der Waals surface area contributed by atoms with Gasteiger partial charge in [-0.2, -0.15) is 13.2 Å². The Bertz CT molecular complexity index is 121.